The molecule has 0 aromatic carbocycles. The summed E-state index contributed by atoms with van der Waals surface area (Å²) in [5.41, 5.74) is -1.06. The highest BCUT2D eigenvalue weighted by atomic mass is 16.5. The van der Waals surface area contributed by atoms with Crippen molar-refractivity contribution in [3.63, 3.8) is 0 Å². The highest BCUT2D eigenvalue weighted by molar-refractivity contribution is 5.94. The van der Waals surface area contributed by atoms with Crippen LogP contribution in [0.2, 0.25) is 0 Å². The summed E-state index contributed by atoms with van der Waals surface area (Å²) in [5, 5.41) is 0. The molecule has 0 aliphatic carbocycles. The van der Waals surface area contributed by atoms with Crippen LogP contribution in [-0.4, -0.2) is 30.7 Å². The number of carbonyl (C=O) groups excluding carboxylic acids is 2. The topological polar surface area (TPSA) is 74.6 Å². The average Bonchev–Trinajstić information content (AvgIpc) is 2.36. The number of aromatic nitrogens is 1. The van der Waals surface area contributed by atoms with E-state index in [1.165, 1.54) is 26.6 Å². The van der Waals surface area contributed by atoms with Crippen molar-refractivity contribution >= 4 is 11.9 Å². The smallest absolute Gasteiger partial charge is 0.343 e. The molecule has 6 nitrogen and oxygen atoms in total. The Morgan fingerprint density at radius 3 is 1.72 bits per heavy atom. The quantitative estimate of drug-likeness (QED) is 0.751. The van der Waals surface area contributed by atoms with Crippen LogP contribution in [0, 0.1) is 0 Å². The Morgan fingerprint density at radius 2 is 1.44 bits per heavy atom. The molecular formula is C12H15NO5. The van der Waals surface area contributed by atoms with E-state index in [-0.39, 0.29) is 17.2 Å². The summed E-state index contributed by atoms with van der Waals surface area (Å²) in [6.07, 6.45) is 2.73. The monoisotopic (exact) mass is 253 g/mol. The zero-order valence-corrected chi connectivity index (χ0v) is 10.7. The molecule has 1 rings (SSSR count). The van der Waals surface area contributed by atoms with Crippen molar-refractivity contribution in [1.82, 2.24) is 4.57 Å². The number of hydrogen-bond donors (Lipinski definition) is 0. The molecule has 0 amide bonds. The Labute approximate surface area is 104 Å². The van der Waals surface area contributed by atoms with Crippen LogP contribution in [0.5, 0.6) is 0 Å². The Hall–Kier alpha value is -2.11. The van der Waals surface area contributed by atoms with Crippen LogP contribution in [0.3, 0.4) is 0 Å². The van der Waals surface area contributed by atoms with Crippen LogP contribution in [0.4, 0.5) is 0 Å². The predicted molar refractivity (Wildman–Crippen MR) is 63.8 cm³/mol. The lowest BCUT2D eigenvalue weighted by atomic mass is 10.1. The Morgan fingerprint density at radius 1 is 1.06 bits per heavy atom. The molecule has 1 aromatic rings. The van der Waals surface area contributed by atoms with Crippen molar-refractivity contribution in [3.05, 3.63) is 33.7 Å². The molecule has 0 bridgehead atoms. The molecule has 0 atom stereocenters. The van der Waals surface area contributed by atoms with Gasteiger partial charge in [0.15, 0.2) is 0 Å². The van der Waals surface area contributed by atoms with Crippen molar-refractivity contribution in [2.75, 3.05) is 14.2 Å². The van der Waals surface area contributed by atoms with Crippen molar-refractivity contribution in [2.45, 2.75) is 19.9 Å². The highest BCUT2D eigenvalue weighted by Gasteiger charge is 2.20. The van der Waals surface area contributed by atoms with E-state index in [0.717, 1.165) is 0 Å². The molecular weight excluding hydrogens is 238 g/mol. The summed E-state index contributed by atoms with van der Waals surface area (Å²) < 4.78 is 10.6. The first-order chi connectivity index (χ1) is 8.42. The first-order valence-corrected chi connectivity index (χ1v) is 5.34. The molecule has 1 heterocycles. The number of rotatable bonds is 3. The van der Waals surface area contributed by atoms with Crippen LogP contribution in [0.25, 0.3) is 0 Å². The van der Waals surface area contributed by atoms with E-state index in [1.54, 1.807) is 4.57 Å². The van der Waals surface area contributed by atoms with E-state index in [0.29, 0.717) is 0 Å². The third-order valence-electron chi connectivity index (χ3n) is 2.45. The summed E-state index contributed by atoms with van der Waals surface area (Å²) >= 11 is 0. The van der Waals surface area contributed by atoms with Crippen LogP contribution < -0.4 is 5.43 Å². The van der Waals surface area contributed by atoms with Crippen LogP contribution in [0.15, 0.2) is 17.2 Å². The van der Waals surface area contributed by atoms with Crippen LogP contribution in [-0.2, 0) is 9.47 Å². The summed E-state index contributed by atoms with van der Waals surface area (Å²) in [4.78, 5) is 34.9. The minimum atomic E-state index is -0.778. The first-order valence-electron chi connectivity index (χ1n) is 5.34. The van der Waals surface area contributed by atoms with Crippen molar-refractivity contribution in [3.8, 4) is 0 Å². The molecule has 0 fully saturated rings. The van der Waals surface area contributed by atoms with E-state index < -0.39 is 17.4 Å². The largest absolute Gasteiger partial charge is 0.465 e. The van der Waals surface area contributed by atoms with Gasteiger partial charge < -0.3 is 14.0 Å². The lowest BCUT2D eigenvalue weighted by Gasteiger charge is -2.13. The first kappa shape index (κ1) is 14.0. The Balaban J connectivity index is 3.53. The second kappa shape index (κ2) is 5.48. The maximum absolute atomic E-state index is 11.9. The second-order valence-electron chi connectivity index (χ2n) is 3.94. The standard InChI is InChI=1S/C12H15NO5/c1-7(2)13-5-8(11(15)17-3)10(14)9(6-13)12(16)18-4/h5-7H,1-4H3. The number of hydrogen-bond acceptors (Lipinski definition) is 5. The van der Waals surface area contributed by atoms with E-state index >= 15 is 0 Å². The van der Waals surface area contributed by atoms with Gasteiger partial charge in [-0.05, 0) is 13.8 Å². The molecule has 0 unspecified atom stereocenters. The zero-order valence-electron chi connectivity index (χ0n) is 10.7. The molecule has 0 spiro atoms. The van der Waals surface area contributed by atoms with Gasteiger partial charge in [-0.1, -0.05) is 0 Å². The van der Waals surface area contributed by atoms with E-state index in [9.17, 15) is 14.4 Å². The van der Waals surface area contributed by atoms with Gasteiger partial charge >= 0.3 is 11.9 Å². The molecule has 0 aliphatic rings. The number of carbonyl (C=O) groups is 2. The molecule has 1 aromatic heterocycles. The van der Waals surface area contributed by atoms with Gasteiger partial charge in [0.1, 0.15) is 11.1 Å². The van der Waals surface area contributed by atoms with Crippen LogP contribution >= 0.6 is 0 Å². The lowest BCUT2D eigenvalue weighted by Crippen LogP contribution is -2.26. The number of ether oxygens (including phenoxy) is 2. The average molecular weight is 253 g/mol. The van der Waals surface area contributed by atoms with Gasteiger partial charge in [-0.3, -0.25) is 4.79 Å². The molecule has 0 aliphatic heterocycles. The molecule has 18 heavy (non-hydrogen) atoms. The Kier molecular flexibility index (Phi) is 4.25. The molecule has 0 saturated heterocycles. The van der Waals surface area contributed by atoms with E-state index in [1.807, 2.05) is 13.8 Å². The van der Waals surface area contributed by atoms with Gasteiger partial charge in [0, 0.05) is 18.4 Å². The number of methoxy groups -OCH3 is 2. The van der Waals surface area contributed by atoms with Gasteiger partial charge in [0.05, 0.1) is 14.2 Å². The summed E-state index contributed by atoms with van der Waals surface area (Å²) in [6, 6.07) is -0.0163. The highest BCUT2D eigenvalue weighted by Crippen LogP contribution is 2.08. The summed E-state index contributed by atoms with van der Waals surface area (Å²) in [5.74, 6) is -1.56. The van der Waals surface area contributed by atoms with Gasteiger partial charge in [0.25, 0.3) is 0 Å². The third kappa shape index (κ3) is 2.58. The van der Waals surface area contributed by atoms with Gasteiger partial charge in [-0.15, -0.1) is 0 Å². The van der Waals surface area contributed by atoms with Gasteiger partial charge in [-0.2, -0.15) is 0 Å². The number of nitrogens with zero attached hydrogens (tertiary/aromatic N) is 1. The predicted octanol–water partition coefficient (Wildman–Crippen LogP) is 1.00. The summed E-state index contributed by atoms with van der Waals surface area (Å²) in [7, 11) is 2.35. The lowest BCUT2D eigenvalue weighted by molar-refractivity contribution is 0.0594. The minimum absolute atomic E-state index is 0.0163. The maximum atomic E-state index is 11.9. The normalized spacial score (nSPS) is 10.3. The van der Waals surface area contributed by atoms with E-state index in [2.05, 4.69) is 9.47 Å². The second-order valence-corrected chi connectivity index (χ2v) is 3.94. The van der Waals surface area contributed by atoms with E-state index in [4.69, 9.17) is 0 Å². The zero-order chi connectivity index (χ0) is 13.9. The molecule has 0 N–H and O–H groups in total. The van der Waals surface area contributed by atoms with Crippen molar-refractivity contribution in [2.24, 2.45) is 0 Å². The SMILES string of the molecule is COC(=O)c1cn(C(C)C)cc(C(=O)OC)c1=O. The van der Waals surface area contributed by atoms with Crippen molar-refractivity contribution < 1.29 is 19.1 Å². The molecule has 6 heteroatoms. The molecule has 0 saturated carbocycles. The van der Waals surface area contributed by atoms with Crippen molar-refractivity contribution in [1.29, 1.82) is 0 Å². The maximum Gasteiger partial charge on any atom is 0.343 e. The molecule has 98 valence electrons. The van der Waals surface area contributed by atoms with Gasteiger partial charge in [0.2, 0.25) is 5.43 Å². The number of esters is 2. The van der Waals surface area contributed by atoms with Crippen LogP contribution in [0.1, 0.15) is 40.6 Å². The summed E-state index contributed by atoms with van der Waals surface area (Å²) in [6.45, 7) is 3.71. The third-order valence-corrected chi connectivity index (χ3v) is 2.45. The molecule has 0 radical (unpaired) electrons. The fourth-order valence-electron chi connectivity index (χ4n) is 1.41. The minimum Gasteiger partial charge on any atom is -0.465 e. The fraction of sp³-hybridized carbons (Fsp3) is 0.417. The number of pyridine rings is 1. The Bertz CT molecular complexity index is 490. The van der Waals surface area contributed by atoms with Gasteiger partial charge in [-0.25, -0.2) is 9.59 Å². The fourth-order valence-corrected chi connectivity index (χ4v) is 1.41.